The highest BCUT2D eigenvalue weighted by atomic mass is 16.2. The third kappa shape index (κ3) is 1.33. The van der Waals surface area contributed by atoms with Crippen LogP contribution in [0.25, 0.3) is 0 Å². The molecule has 4 heteroatoms. The molecule has 3 unspecified atom stereocenters. The zero-order valence-corrected chi connectivity index (χ0v) is 12.8. The van der Waals surface area contributed by atoms with Crippen molar-refractivity contribution in [2.24, 2.45) is 11.8 Å². The molecule has 3 atom stereocenters. The second-order valence-corrected chi connectivity index (χ2v) is 6.45. The van der Waals surface area contributed by atoms with E-state index in [1.165, 1.54) is 0 Å². The van der Waals surface area contributed by atoms with Crippen molar-refractivity contribution in [3.63, 3.8) is 0 Å². The van der Waals surface area contributed by atoms with Gasteiger partial charge in [-0.1, -0.05) is 24.3 Å². The number of para-hydroxylation sites is 1. The highest BCUT2D eigenvalue weighted by Gasteiger charge is 2.71. The smallest absolute Gasteiger partial charge is 0.234 e. The molecule has 1 aromatic carbocycles. The van der Waals surface area contributed by atoms with E-state index < -0.39 is 5.41 Å². The summed E-state index contributed by atoms with van der Waals surface area (Å²) in [6.07, 6.45) is 2.59. The van der Waals surface area contributed by atoms with Crippen LogP contribution >= 0.6 is 0 Å². The Balaban J connectivity index is 1.90. The molecule has 1 saturated heterocycles. The van der Waals surface area contributed by atoms with Gasteiger partial charge in [0.05, 0.1) is 11.3 Å². The molecule has 2 aliphatic heterocycles. The molecule has 114 valence electrons. The Bertz CT molecular complexity index is 683. The molecule has 2 amide bonds. The minimum Gasteiger partial charge on any atom is -0.338 e. The summed E-state index contributed by atoms with van der Waals surface area (Å²) in [6.45, 7) is 7.70. The number of carbonyl (C=O) groups is 2. The molecule has 4 rings (SSSR count). The highest BCUT2D eigenvalue weighted by molar-refractivity contribution is 6.09. The molecule has 22 heavy (non-hydrogen) atoms. The number of likely N-dealkylation sites (tertiary alicyclic amines) is 1. The molecule has 0 bridgehead atoms. The lowest BCUT2D eigenvalue weighted by Crippen LogP contribution is -2.64. The summed E-state index contributed by atoms with van der Waals surface area (Å²) in [7, 11) is 0. The van der Waals surface area contributed by atoms with E-state index in [1.54, 1.807) is 6.08 Å². The van der Waals surface area contributed by atoms with E-state index in [9.17, 15) is 9.59 Å². The maximum absolute atomic E-state index is 13.1. The van der Waals surface area contributed by atoms with Crippen LogP contribution < -0.4 is 4.90 Å². The maximum atomic E-state index is 13.1. The van der Waals surface area contributed by atoms with Crippen molar-refractivity contribution in [1.29, 1.82) is 0 Å². The molecule has 1 saturated carbocycles. The van der Waals surface area contributed by atoms with Crippen LogP contribution in [0.15, 0.2) is 36.9 Å². The summed E-state index contributed by atoms with van der Waals surface area (Å²) in [5, 5.41) is 0. The molecular weight excluding hydrogens is 276 g/mol. The van der Waals surface area contributed by atoms with Gasteiger partial charge in [-0.25, -0.2) is 0 Å². The molecule has 2 heterocycles. The number of nitrogens with zero attached hydrogens (tertiary/aromatic N) is 2. The number of hydrogen-bond acceptors (Lipinski definition) is 2. The van der Waals surface area contributed by atoms with Crippen molar-refractivity contribution in [1.82, 2.24) is 4.90 Å². The van der Waals surface area contributed by atoms with Crippen LogP contribution in [0.3, 0.4) is 0 Å². The van der Waals surface area contributed by atoms with E-state index in [4.69, 9.17) is 0 Å². The van der Waals surface area contributed by atoms with Gasteiger partial charge in [-0.3, -0.25) is 9.59 Å². The van der Waals surface area contributed by atoms with E-state index in [0.29, 0.717) is 13.1 Å². The third-order valence-corrected chi connectivity index (χ3v) is 5.67. The number of anilines is 1. The molecule has 4 nitrogen and oxygen atoms in total. The molecular formula is C18H20N2O2. The van der Waals surface area contributed by atoms with E-state index in [1.807, 2.05) is 41.0 Å². The molecule has 1 aliphatic carbocycles. The van der Waals surface area contributed by atoms with Gasteiger partial charge in [0.25, 0.3) is 0 Å². The monoisotopic (exact) mass is 296 g/mol. The van der Waals surface area contributed by atoms with Gasteiger partial charge in [0, 0.05) is 25.3 Å². The van der Waals surface area contributed by atoms with Crippen LogP contribution in [0.4, 0.5) is 5.69 Å². The van der Waals surface area contributed by atoms with E-state index in [-0.39, 0.29) is 23.7 Å². The van der Waals surface area contributed by atoms with Crippen LogP contribution in [0.5, 0.6) is 0 Å². The van der Waals surface area contributed by atoms with Crippen molar-refractivity contribution < 1.29 is 9.59 Å². The van der Waals surface area contributed by atoms with Crippen LogP contribution in [0, 0.1) is 11.8 Å². The SMILES string of the molecule is C=CCN1CC2CC3C(=O)N(CC)c4ccccc4C23C1=O. The van der Waals surface area contributed by atoms with Crippen LogP contribution in [0.2, 0.25) is 0 Å². The Morgan fingerprint density at radius 3 is 2.86 bits per heavy atom. The standard InChI is InChI=1S/C18H20N2O2/c1-3-9-19-11-12-10-14-16(21)20(4-2)15-8-6-5-7-13(15)18(12,14)17(19)22/h3,5-8,12,14H,1,4,9-11H2,2H3. The molecule has 0 radical (unpaired) electrons. The van der Waals surface area contributed by atoms with Gasteiger partial charge in [0.15, 0.2) is 0 Å². The summed E-state index contributed by atoms with van der Waals surface area (Å²) in [5.41, 5.74) is 1.36. The Kier molecular flexibility index (Phi) is 2.74. The Hall–Kier alpha value is -2.10. The van der Waals surface area contributed by atoms with E-state index in [0.717, 1.165) is 24.2 Å². The van der Waals surface area contributed by atoms with Gasteiger partial charge >= 0.3 is 0 Å². The van der Waals surface area contributed by atoms with Crippen molar-refractivity contribution in [2.45, 2.75) is 18.8 Å². The Morgan fingerprint density at radius 1 is 1.36 bits per heavy atom. The lowest BCUT2D eigenvalue weighted by atomic mass is 9.49. The highest BCUT2D eigenvalue weighted by Crippen LogP contribution is 2.62. The number of benzene rings is 1. The zero-order chi connectivity index (χ0) is 15.5. The average molecular weight is 296 g/mol. The summed E-state index contributed by atoms with van der Waals surface area (Å²) >= 11 is 0. The first kappa shape index (κ1) is 13.6. The Labute approximate surface area is 130 Å². The van der Waals surface area contributed by atoms with Gasteiger partial charge < -0.3 is 9.80 Å². The first-order chi connectivity index (χ1) is 10.7. The molecule has 1 spiro atoms. The van der Waals surface area contributed by atoms with Crippen LogP contribution in [-0.2, 0) is 15.0 Å². The zero-order valence-electron chi connectivity index (χ0n) is 12.8. The lowest BCUT2D eigenvalue weighted by molar-refractivity contribution is -0.146. The largest absolute Gasteiger partial charge is 0.338 e. The second-order valence-electron chi connectivity index (χ2n) is 6.45. The van der Waals surface area contributed by atoms with Crippen molar-refractivity contribution in [3.8, 4) is 0 Å². The number of rotatable bonds is 3. The molecule has 0 aromatic heterocycles. The van der Waals surface area contributed by atoms with Crippen LogP contribution in [-0.4, -0.2) is 36.3 Å². The normalized spacial score (nSPS) is 32.2. The van der Waals surface area contributed by atoms with Gasteiger partial charge in [0.1, 0.15) is 0 Å². The minimum absolute atomic E-state index is 0.116. The fourth-order valence-electron chi connectivity index (χ4n) is 4.76. The summed E-state index contributed by atoms with van der Waals surface area (Å²) in [4.78, 5) is 29.7. The summed E-state index contributed by atoms with van der Waals surface area (Å²) in [5.74, 6) is 0.306. The van der Waals surface area contributed by atoms with Gasteiger partial charge in [0.2, 0.25) is 11.8 Å². The van der Waals surface area contributed by atoms with E-state index in [2.05, 4.69) is 6.58 Å². The van der Waals surface area contributed by atoms with Gasteiger partial charge in [-0.15, -0.1) is 6.58 Å². The van der Waals surface area contributed by atoms with Crippen LogP contribution in [0.1, 0.15) is 18.9 Å². The van der Waals surface area contributed by atoms with Gasteiger partial charge in [-0.2, -0.15) is 0 Å². The predicted molar refractivity (Wildman–Crippen MR) is 84.5 cm³/mol. The topological polar surface area (TPSA) is 40.6 Å². The predicted octanol–water partition coefficient (Wildman–Crippen LogP) is 1.96. The molecule has 2 fully saturated rings. The van der Waals surface area contributed by atoms with Crippen molar-refractivity contribution in [3.05, 3.63) is 42.5 Å². The molecule has 1 aromatic rings. The fourth-order valence-corrected chi connectivity index (χ4v) is 4.76. The summed E-state index contributed by atoms with van der Waals surface area (Å²) in [6, 6.07) is 7.94. The number of fused-ring (bicyclic) bond motifs is 1. The Morgan fingerprint density at radius 2 is 2.14 bits per heavy atom. The fraction of sp³-hybridized carbons (Fsp3) is 0.444. The van der Waals surface area contributed by atoms with Crippen molar-refractivity contribution >= 4 is 17.5 Å². The summed E-state index contributed by atoms with van der Waals surface area (Å²) < 4.78 is 0. The maximum Gasteiger partial charge on any atom is 0.234 e. The van der Waals surface area contributed by atoms with E-state index >= 15 is 0 Å². The lowest BCUT2D eigenvalue weighted by Gasteiger charge is -2.54. The second kappa shape index (κ2) is 4.45. The minimum atomic E-state index is -0.609. The average Bonchev–Trinajstić information content (AvgIpc) is 2.69. The number of amides is 2. The van der Waals surface area contributed by atoms with Crippen molar-refractivity contribution in [2.75, 3.05) is 24.5 Å². The quantitative estimate of drug-likeness (QED) is 0.800. The third-order valence-electron chi connectivity index (χ3n) is 5.67. The molecule has 0 N–H and O–H groups in total. The molecule has 3 aliphatic rings. The first-order valence-electron chi connectivity index (χ1n) is 7.97. The first-order valence-corrected chi connectivity index (χ1v) is 7.97. The number of hydrogen-bond donors (Lipinski definition) is 0. The number of carbonyl (C=O) groups excluding carboxylic acids is 2. The van der Waals surface area contributed by atoms with Gasteiger partial charge in [-0.05, 0) is 30.9 Å².